The summed E-state index contributed by atoms with van der Waals surface area (Å²) in [6.07, 6.45) is 0. The normalized spacial score (nSPS) is 10.2. The average Bonchev–Trinajstić information content (AvgIpc) is 2.42. The van der Waals surface area contributed by atoms with Crippen LogP contribution in [0, 0.1) is 0 Å². The van der Waals surface area contributed by atoms with Crippen molar-refractivity contribution in [2.75, 3.05) is 18.2 Å². The van der Waals surface area contributed by atoms with Crippen molar-refractivity contribution in [2.45, 2.75) is 0 Å². The highest BCUT2D eigenvalue weighted by Gasteiger charge is 2.14. The van der Waals surface area contributed by atoms with Crippen molar-refractivity contribution >= 4 is 49.1 Å². The van der Waals surface area contributed by atoms with Crippen LogP contribution < -0.4 is 15.8 Å². The van der Waals surface area contributed by atoms with Gasteiger partial charge in [0.05, 0.1) is 18.4 Å². The highest BCUT2D eigenvalue weighted by Crippen LogP contribution is 2.28. The predicted molar refractivity (Wildman–Crippen MR) is 87.2 cm³/mol. The lowest BCUT2D eigenvalue weighted by Gasteiger charge is -2.11. The smallest absolute Gasteiger partial charge is 0.259 e. The van der Waals surface area contributed by atoms with E-state index in [1.54, 1.807) is 36.4 Å². The molecule has 0 unspecified atom stereocenters. The van der Waals surface area contributed by atoms with Crippen LogP contribution in [0.2, 0.25) is 0 Å². The Kier molecular flexibility index (Phi) is 4.67. The van der Waals surface area contributed by atoms with Crippen LogP contribution in [-0.4, -0.2) is 13.0 Å². The summed E-state index contributed by atoms with van der Waals surface area (Å²) in [5.74, 6) is 0.234. The number of rotatable bonds is 3. The zero-order valence-corrected chi connectivity index (χ0v) is 13.8. The summed E-state index contributed by atoms with van der Waals surface area (Å²) in [6.45, 7) is 0. The van der Waals surface area contributed by atoms with E-state index < -0.39 is 0 Å². The Labute approximate surface area is 133 Å². The first-order valence-electron chi connectivity index (χ1n) is 5.71. The Morgan fingerprint density at radius 3 is 2.65 bits per heavy atom. The molecule has 2 aromatic carbocycles. The van der Waals surface area contributed by atoms with Crippen LogP contribution in [-0.2, 0) is 0 Å². The molecule has 104 valence electrons. The number of halogens is 2. The molecule has 0 saturated carbocycles. The minimum absolute atomic E-state index is 0.263. The van der Waals surface area contributed by atoms with E-state index in [-0.39, 0.29) is 5.91 Å². The molecule has 2 aromatic rings. The first kappa shape index (κ1) is 14.9. The maximum Gasteiger partial charge on any atom is 0.259 e. The molecule has 20 heavy (non-hydrogen) atoms. The lowest BCUT2D eigenvalue weighted by atomic mass is 10.2. The van der Waals surface area contributed by atoms with Gasteiger partial charge in [-0.25, -0.2) is 0 Å². The van der Waals surface area contributed by atoms with Crippen LogP contribution in [0.3, 0.4) is 0 Å². The van der Waals surface area contributed by atoms with Gasteiger partial charge in [-0.3, -0.25) is 4.79 Å². The molecule has 0 aliphatic carbocycles. The number of carbonyl (C=O) groups excluding carboxylic acids is 1. The molecule has 0 saturated heterocycles. The van der Waals surface area contributed by atoms with Crippen molar-refractivity contribution in [3.63, 3.8) is 0 Å². The standard InChI is InChI=1S/C14H12Br2N2O2/c1-20-13-6-8(15)2-4-10(13)14(19)18-12-7-9(17)3-5-11(12)16/h2-7H,17H2,1H3,(H,18,19). The summed E-state index contributed by atoms with van der Waals surface area (Å²) >= 11 is 6.71. The largest absolute Gasteiger partial charge is 0.496 e. The lowest BCUT2D eigenvalue weighted by Crippen LogP contribution is -2.13. The molecule has 0 atom stereocenters. The third kappa shape index (κ3) is 3.32. The van der Waals surface area contributed by atoms with Crippen molar-refractivity contribution < 1.29 is 9.53 Å². The maximum absolute atomic E-state index is 12.3. The third-order valence-electron chi connectivity index (χ3n) is 2.65. The van der Waals surface area contributed by atoms with Gasteiger partial charge in [0.2, 0.25) is 0 Å². The molecule has 0 aromatic heterocycles. The van der Waals surface area contributed by atoms with Gasteiger partial charge in [-0.15, -0.1) is 0 Å². The van der Waals surface area contributed by atoms with Crippen LogP contribution in [0.1, 0.15) is 10.4 Å². The van der Waals surface area contributed by atoms with E-state index in [1.165, 1.54) is 7.11 Å². The van der Waals surface area contributed by atoms with E-state index in [9.17, 15) is 4.79 Å². The van der Waals surface area contributed by atoms with Crippen LogP contribution in [0.5, 0.6) is 5.75 Å². The maximum atomic E-state index is 12.3. The molecule has 0 spiro atoms. The number of amides is 1. The molecule has 0 aliphatic heterocycles. The summed E-state index contributed by atoms with van der Waals surface area (Å²) in [4.78, 5) is 12.3. The minimum atomic E-state index is -0.263. The van der Waals surface area contributed by atoms with Gasteiger partial charge < -0.3 is 15.8 Å². The summed E-state index contributed by atoms with van der Waals surface area (Å²) in [7, 11) is 1.52. The Hall–Kier alpha value is -1.53. The number of nitrogens with one attached hydrogen (secondary N) is 1. The summed E-state index contributed by atoms with van der Waals surface area (Å²) < 4.78 is 6.82. The monoisotopic (exact) mass is 398 g/mol. The molecule has 0 aliphatic rings. The van der Waals surface area contributed by atoms with Crippen molar-refractivity contribution in [2.24, 2.45) is 0 Å². The number of anilines is 2. The SMILES string of the molecule is COc1cc(Br)ccc1C(=O)Nc1cc(N)ccc1Br. The van der Waals surface area contributed by atoms with Gasteiger partial charge in [0, 0.05) is 14.6 Å². The molecule has 1 amide bonds. The van der Waals surface area contributed by atoms with Crippen LogP contribution in [0.4, 0.5) is 11.4 Å². The van der Waals surface area contributed by atoms with E-state index in [0.29, 0.717) is 22.7 Å². The molecular formula is C14H12Br2N2O2. The van der Waals surface area contributed by atoms with Crippen LogP contribution >= 0.6 is 31.9 Å². The molecule has 3 N–H and O–H groups in total. The van der Waals surface area contributed by atoms with E-state index >= 15 is 0 Å². The molecular weight excluding hydrogens is 388 g/mol. The first-order valence-corrected chi connectivity index (χ1v) is 7.30. The van der Waals surface area contributed by atoms with Crippen molar-refractivity contribution in [3.05, 3.63) is 50.9 Å². The number of carbonyl (C=O) groups is 1. The van der Waals surface area contributed by atoms with Crippen LogP contribution in [0.15, 0.2) is 45.3 Å². The molecule has 6 heteroatoms. The van der Waals surface area contributed by atoms with Crippen molar-refractivity contribution in [3.8, 4) is 5.75 Å². The second kappa shape index (κ2) is 6.28. The summed E-state index contributed by atoms with van der Waals surface area (Å²) in [5, 5.41) is 2.80. The zero-order chi connectivity index (χ0) is 14.7. The van der Waals surface area contributed by atoms with E-state index in [2.05, 4.69) is 37.2 Å². The Balaban J connectivity index is 2.30. The van der Waals surface area contributed by atoms with Crippen LogP contribution in [0.25, 0.3) is 0 Å². The molecule has 4 nitrogen and oxygen atoms in total. The van der Waals surface area contributed by atoms with Crippen molar-refractivity contribution in [1.82, 2.24) is 0 Å². The van der Waals surface area contributed by atoms with Gasteiger partial charge in [-0.2, -0.15) is 0 Å². The van der Waals surface area contributed by atoms with E-state index in [0.717, 1.165) is 8.95 Å². The first-order chi connectivity index (χ1) is 9.51. The highest BCUT2D eigenvalue weighted by atomic mass is 79.9. The fraction of sp³-hybridized carbons (Fsp3) is 0.0714. The van der Waals surface area contributed by atoms with Gasteiger partial charge in [0.25, 0.3) is 5.91 Å². The molecule has 0 bridgehead atoms. The topological polar surface area (TPSA) is 64.3 Å². The van der Waals surface area contributed by atoms with Gasteiger partial charge in [-0.05, 0) is 52.3 Å². The number of nitrogens with two attached hydrogens (primary N) is 1. The number of hydrogen-bond donors (Lipinski definition) is 2. The highest BCUT2D eigenvalue weighted by molar-refractivity contribution is 9.10. The minimum Gasteiger partial charge on any atom is -0.496 e. The number of nitrogen functional groups attached to an aromatic ring is 1. The van der Waals surface area contributed by atoms with Gasteiger partial charge in [0.15, 0.2) is 0 Å². The summed E-state index contributed by atoms with van der Waals surface area (Å²) in [5.41, 5.74) is 7.35. The summed E-state index contributed by atoms with van der Waals surface area (Å²) in [6, 6.07) is 10.4. The quantitative estimate of drug-likeness (QED) is 0.765. The van der Waals surface area contributed by atoms with E-state index in [4.69, 9.17) is 10.5 Å². The second-order valence-corrected chi connectivity index (χ2v) is 5.81. The van der Waals surface area contributed by atoms with Gasteiger partial charge >= 0.3 is 0 Å². The number of ether oxygens (including phenoxy) is 1. The lowest BCUT2D eigenvalue weighted by molar-refractivity contribution is 0.102. The predicted octanol–water partition coefficient (Wildman–Crippen LogP) is 4.05. The number of benzene rings is 2. The molecule has 0 heterocycles. The number of methoxy groups -OCH3 is 1. The Morgan fingerprint density at radius 2 is 1.95 bits per heavy atom. The van der Waals surface area contributed by atoms with Crippen molar-refractivity contribution in [1.29, 1.82) is 0 Å². The Bertz CT molecular complexity index is 660. The van der Waals surface area contributed by atoms with Gasteiger partial charge in [0.1, 0.15) is 5.75 Å². The molecule has 0 radical (unpaired) electrons. The Morgan fingerprint density at radius 1 is 1.20 bits per heavy atom. The fourth-order valence-corrected chi connectivity index (χ4v) is 2.37. The molecule has 0 fully saturated rings. The number of hydrogen-bond acceptors (Lipinski definition) is 3. The zero-order valence-electron chi connectivity index (χ0n) is 10.6. The fourth-order valence-electron chi connectivity index (χ4n) is 1.68. The van der Waals surface area contributed by atoms with E-state index in [1.807, 2.05) is 0 Å². The molecule has 2 rings (SSSR count). The average molecular weight is 400 g/mol. The third-order valence-corrected chi connectivity index (χ3v) is 3.83. The van der Waals surface area contributed by atoms with Gasteiger partial charge in [-0.1, -0.05) is 15.9 Å². The second-order valence-electron chi connectivity index (χ2n) is 4.04.